The van der Waals surface area contributed by atoms with Crippen LogP contribution in [0.3, 0.4) is 0 Å². The molecular weight excluding hydrogens is 500 g/mol. The largest absolute Gasteiger partial charge is 0.488 e. The van der Waals surface area contributed by atoms with E-state index in [0.29, 0.717) is 26.1 Å². The Labute approximate surface area is 216 Å². The van der Waals surface area contributed by atoms with Crippen molar-refractivity contribution in [1.29, 1.82) is 5.26 Å². The molecule has 1 aliphatic rings. The number of aromatic nitrogens is 1. The molecule has 0 amide bonds. The summed E-state index contributed by atoms with van der Waals surface area (Å²) >= 11 is 1.48. The molecule has 0 bridgehead atoms. The van der Waals surface area contributed by atoms with Gasteiger partial charge in [-0.25, -0.2) is 13.8 Å². The molecule has 1 fully saturated rings. The molecular formula is C26H25F2N5O3S. The van der Waals surface area contributed by atoms with E-state index in [0.717, 1.165) is 22.0 Å². The maximum absolute atomic E-state index is 15.0. The monoisotopic (exact) mass is 525 g/mol. The Balaban J connectivity index is 1.50. The van der Waals surface area contributed by atoms with Crippen molar-refractivity contribution >= 4 is 22.9 Å². The summed E-state index contributed by atoms with van der Waals surface area (Å²) in [5.41, 5.74) is 11.8. The average molecular weight is 526 g/mol. The molecule has 0 atom stereocenters. The van der Waals surface area contributed by atoms with Crippen molar-refractivity contribution < 1.29 is 23.0 Å². The van der Waals surface area contributed by atoms with Crippen LogP contribution < -0.4 is 20.9 Å². The highest BCUT2D eigenvalue weighted by atomic mass is 32.1. The summed E-state index contributed by atoms with van der Waals surface area (Å²) in [5.74, 6) is -0.885. The molecule has 1 aromatic heterocycles. The zero-order valence-electron chi connectivity index (χ0n) is 20.0. The van der Waals surface area contributed by atoms with Gasteiger partial charge in [-0.05, 0) is 31.9 Å². The molecule has 192 valence electrons. The SMILES string of the molecule is Cc1ncc(COc2cc(F)cc(Oc3ccc(/C(N)=C(\C#N)C(N)=NC4CCOCC4)c(F)c3)c2)s1. The Hall–Kier alpha value is -4.01. The van der Waals surface area contributed by atoms with Crippen LogP contribution in [0.4, 0.5) is 8.78 Å². The summed E-state index contributed by atoms with van der Waals surface area (Å²) in [7, 11) is 0. The molecule has 4 rings (SSSR count). The molecule has 1 saturated heterocycles. The van der Waals surface area contributed by atoms with E-state index in [1.807, 2.05) is 13.0 Å². The van der Waals surface area contributed by atoms with Crippen LogP contribution in [-0.2, 0) is 11.3 Å². The smallest absolute Gasteiger partial charge is 0.138 e. The number of hydrogen-bond acceptors (Lipinski definition) is 8. The number of aliphatic imine (C=N–C) groups is 1. The molecule has 1 aliphatic heterocycles. The molecule has 4 N–H and O–H groups in total. The molecule has 2 heterocycles. The molecule has 37 heavy (non-hydrogen) atoms. The minimum Gasteiger partial charge on any atom is -0.488 e. The first-order valence-electron chi connectivity index (χ1n) is 11.5. The Morgan fingerprint density at radius 2 is 1.92 bits per heavy atom. The van der Waals surface area contributed by atoms with Crippen LogP contribution in [0, 0.1) is 29.9 Å². The molecule has 2 aromatic carbocycles. The zero-order valence-corrected chi connectivity index (χ0v) is 20.9. The van der Waals surface area contributed by atoms with Crippen molar-refractivity contribution in [3.05, 3.63) is 75.3 Å². The van der Waals surface area contributed by atoms with Gasteiger partial charge in [0.05, 0.1) is 21.6 Å². The lowest BCUT2D eigenvalue weighted by atomic mass is 10.1. The Morgan fingerprint density at radius 3 is 2.59 bits per heavy atom. The highest BCUT2D eigenvalue weighted by Gasteiger charge is 2.18. The van der Waals surface area contributed by atoms with E-state index < -0.39 is 11.6 Å². The van der Waals surface area contributed by atoms with Crippen molar-refractivity contribution in [3.8, 4) is 23.3 Å². The van der Waals surface area contributed by atoms with Crippen LogP contribution in [0.5, 0.6) is 17.2 Å². The van der Waals surface area contributed by atoms with Gasteiger partial charge in [0.1, 0.15) is 53.0 Å². The summed E-state index contributed by atoms with van der Waals surface area (Å²) in [4.78, 5) is 9.41. The Morgan fingerprint density at radius 1 is 1.16 bits per heavy atom. The predicted molar refractivity (Wildman–Crippen MR) is 136 cm³/mol. The number of hydrogen-bond donors (Lipinski definition) is 2. The standard InChI is InChI=1S/C26H25F2N5O3S/c1-15-32-13-21(37-15)14-35-19-8-16(27)9-20(10-19)36-18-2-3-22(24(28)11-18)25(30)23(12-29)26(31)33-17-4-6-34-7-5-17/h2-3,8-11,13,17H,4-7,14,30H2,1H3,(H2,31,33)/b25-23-. The lowest BCUT2D eigenvalue weighted by Gasteiger charge is -2.19. The summed E-state index contributed by atoms with van der Waals surface area (Å²) in [6.07, 6.45) is 3.05. The van der Waals surface area contributed by atoms with Crippen molar-refractivity contribution in [3.63, 3.8) is 0 Å². The number of amidine groups is 1. The molecule has 0 spiro atoms. The van der Waals surface area contributed by atoms with Gasteiger partial charge >= 0.3 is 0 Å². The van der Waals surface area contributed by atoms with Gasteiger partial charge in [-0.2, -0.15) is 5.26 Å². The lowest BCUT2D eigenvalue weighted by molar-refractivity contribution is 0.0871. The maximum atomic E-state index is 15.0. The van der Waals surface area contributed by atoms with Crippen LogP contribution in [0.1, 0.15) is 28.3 Å². The number of rotatable bonds is 8. The summed E-state index contributed by atoms with van der Waals surface area (Å²) in [5, 5.41) is 10.5. The van der Waals surface area contributed by atoms with Crippen LogP contribution in [0.25, 0.3) is 5.70 Å². The first-order chi connectivity index (χ1) is 17.8. The number of benzene rings is 2. The minimum absolute atomic E-state index is 0.0304. The molecule has 0 radical (unpaired) electrons. The Bertz CT molecular complexity index is 1380. The number of nitrogens with zero attached hydrogens (tertiary/aromatic N) is 3. The highest BCUT2D eigenvalue weighted by molar-refractivity contribution is 7.11. The van der Waals surface area contributed by atoms with Gasteiger partial charge in [0.15, 0.2) is 0 Å². The highest BCUT2D eigenvalue weighted by Crippen LogP contribution is 2.30. The molecule has 11 heteroatoms. The third-order valence-electron chi connectivity index (χ3n) is 5.51. The van der Waals surface area contributed by atoms with E-state index in [4.69, 9.17) is 25.7 Å². The van der Waals surface area contributed by atoms with Crippen LogP contribution in [0.15, 0.2) is 53.2 Å². The van der Waals surface area contributed by atoms with Crippen LogP contribution in [0.2, 0.25) is 0 Å². The third-order valence-corrected chi connectivity index (χ3v) is 6.40. The number of halogens is 2. The van der Waals surface area contributed by atoms with Gasteiger partial charge in [0.2, 0.25) is 0 Å². The number of nitriles is 1. The number of thiazole rings is 1. The van der Waals surface area contributed by atoms with Crippen LogP contribution >= 0.6 is 11.3 Å². The third kappa shape index (κ3) is 6.81. The minimum atomic E-state index is -0.741. The quantitative estimate of drug-likeness (QED) is 0.245. The fraction of sp³-hybridized carbons (Fsp3) is 0.269. The first kappa shape index (κ1) is 26.1. The van der Waals surface area contributed by atoms with Crippen LogP contribution in [-0.4, -0.2) is 30.1 Å². The van der Waals surface area contributed by atoms with Crippen molar-refractivity contribution in [2.45, 2.75) is 32.4 Å². The van der Waals surface area contributed by atoms with Gasteiger partial charge in [0, 0.05) is 49.2 Å². The molecule has 0 saturated carbocycles. The van der Waals surface area contributed by atoms with Gasteiger partial charge < -0.3 is 25.7 Å². The van der Waals surface area contributed by atoms with Gasteiger partial charge in [-0.3, -0.25) is 4.99 Å². The van der Waals surface area contributed by atoms with E-state index in [9.17, 15) is 14.0 Å². The van der Waals surface area contributed by atoms with Gasteiger partial charge in [-0.15, -0.1) is 11.3 Å². The van der Waals surface area contributed by atoms with E-state index in [1.165, 1.54) is 35.6 Å². The average Bonchev–Trinajstić information content (AvgIpc) is 3.28. The van der Waals surface area contributed by atoms with Gasteiger partial charge in [0.25, 0.3) is 0 Å². The first-order valence-corrected chi connectivity index (χ1v) is 12.3. The normalized spacial score (nSPS) is 15.1. The number of nitrogens with two attached hydrogens (primary N) is 2. The summed E-state index contributed by atoms with van der Waals surface area (Å²) in [6.45, 7) is 3.23. The van der Waals surface area contributed by atoms with E-state index >= 15 is 0 Å². The van der Waals surface area contributed by atoms with Crippen molar-refractivity contribution in [2.75, 3.05) is 13.2 Å². The predicted octanol–water partition coefficient (Wildman–Crippen LogP) is 4.83. The van der Waals surface area contributed by atoms with Gasteiger partial charge in [-0.1, -0.05) is 0 Å². The van der Waals surface area contributed by atoms with E-state index in [2.05, 4.69) is 9.98 Å². The second-order valence-electron chi connectivity index (χ2n) is 8.26. The molecule has 8 nitrogen and oxygen atoms in total. The zero-order chi connectivity index (χ0) is 26.4. The van der Waals surface area contributed by atoms with E-state index in [-0.39, 0.29) is 52.6 Å². The lowest BCUT2D eigenvalue weighted by Crippen LogP contribution is -2.25. The van der Waals surface area contributed by atoms with Crippen molar-refractivity contribution in [1.82, 2.24) is 4.98 Å². The Kier molecular flexibility index (Phi) is 8.32. The molecule has 0 unspecified atom stereocenters. The molecule has 3 aromatic rings. The summed E-state index contributed by atoms with van der Waals surface area (Å²) in [6, 6.07) is 9.63. The maximum Gasteiger partial charge on any atom is 0.138 e. The second kappa shape index (κ2) is 11.8. The molecule has 0 aliphatic carbocycles. The topological polar surface area (TPSA) is 129 Å². The second-order valence-corrected chi connectivity index (χ2v) is 9.58. The van der Waals surface area contributed by atoms with E-state index in [1.54, 1.807) is 6.20 Å². The number of aryl methyl sites for hydroxylation is 1. The number of ether oxygens (including phenoxy) is 3. The van der Waals surface area contributed by atoms with Crippen molar-refractivity contribution in [2.24, 2.45) is 16.5 Å². The fourth-order valence-electron chi connectivity index (χ4n) is 3.69. The fourth-order valence-corrected chi connectivity index (χ4v) is 4.39. The summed E-state index contributed by atoms with van der Waals surface area (Å²) < 4.78 is 45.7.